The van der Waals surface area contributed by atoms with Crippen molar-refractivity contribution in [1.82, 2.24) is 9.88 Å². The maximum Gasteiger partial charge on any atom is 0.339 e. The molecule has 1 aliphatic rings. The molecule has 0 spiro atoms. The summed E-state index contributed by atoms with van der Waals surface area (Å²) in [6, 6.07) is 8.39. The van der Waals surface area contributed by atoms with Crippen molar-refractivity contribution < 1.29 is 23.8 Å². The average molecular weight is 357 g/mol. The van der Waals surface area contributed by atoms with E-state index in [0.29, 0.717) is 41.6 Å². The Morgan fingerprint density at radius 1 is 1.23 bits per heavy atom. The summed E-state index contributed by atoms with van der Waals surface area (Å²) in [6.07, 6.45) is 1.42. The lowest BCUT2D eigenvalue weighted by Gasteiger charge is -2.20. The van der Waals surface area contributed by atoms with Gasteiger partial charge in [-0.2, -0.15) is 0 Å². The minimum Gasteiger partial charge on any atom is -0.497 e. The third-order valence-corrected chi connectivity index (χ3v) is 3.94. The van der Waals surface area contributed by atoms with E-state index in [1.807, 2.05) is 0 Å². The zero-order valence-corrected chi connectivity index (χ0v) is 14.5. The molecule has 0 fully saturated rings. The van der Waals surface area contributed by atoms with Crippen LogP contribution >= 0.6 is 0 Å². The van der Waals surface area contributed by atoms with Crippen molar-refractivity contribution in [3.05, 3.63) is 47.8 Å². The molecule has 8 heteroatoms. The number of ether oxygens (including phenoxy) is 3. The lowest BCUT2D eigenvalue weighted by Crippen LogP contribution is -2.36. The van der Waals surface area contributed by atoms with Crippen LogP contribution in [0, 0.1) is 0 Å². The van der Waals surface area contributed by atoms with E-state index in [-0.39, 0.29) is 12.6 Å². The molecular weight excluding hydrogens is 338 g/mol. The van der Waals surface area contributed by atoms with Crippen molar-refractivity contribution in [2.75, 3.05) is 32.7 Å². The Balaban J connectivity index is 1.71. The highest BCUT2D eigenvalue weighted by atomic mass is 16.5. The first kappa shape index (κ1) is 17.5. The molecule has 0 aliphatic carbocycles. The van der Waals surface area contributed by atoms with Gasteiger partial charge in [-0.1, -0.05) is 0 Å². The first-order chi connectivity index (χ1) is 12.6. The normalized spacial score (nSPS) is 13.1. The number of nitrogens with one attached hydrogen (secondary N) is 1. The first-order valence-corrected chi connectivity index (χ1v) is 8.00. The number of carbonyl (C=O) groups is 2. The van der Waals surface area contributed by atoms with Crippen molar-refractivity contribution >= 4 is 17.7 Å². The Hall–Kier alpha value is -3.29. The third-order valence-electron chi connectivity index (χ3n) is 3.94. The Bertz CT molecular complexity index is 807. The number of urea groups is 1. The molecule has 2 aromatic rings. The summed E-state index contributed by atoms with van der Waals surface area (Å²) in [6.45, 7) is 0.972. The van der Waals surface area contributed by atoms with E-state index in [2.05, 4.69) is 15.0 Å². The van der Waals surface area contributed by atoms with E-state index in [0.717, 1.165) is 0 Å². The van der Waals surface area contributed by atoms with E-state index in [1.54, 1.807) is 42.3 Å². The molecule has 0 bridgehead atoms. The topological polar surface area (TPSA) is 90.0 Å². The smallest absolute Gasteiger partial charge is 0.339 e. The van der Waals surface area contributed by atoms with Gasteiger partial charge in [0.2, 0.25) is 0 Å². The number of carbonyl (C=O) groups excluding carboxylic acids is 2. The van der Waals surface area contributed by atoms with E-state index >= 15 is 0 Å². The van der Waals surface area contributed by atoms with Crippen LogP contribution in [0.5, 0.6) is 11.5 Å². The molecule has 136 valence electrons. The number of nitrogens with zero attached hydrogens (tertiary/aromatic N) is 2. The monoisotopic (exact) mass is 357 g/mol. The number of esters is 1. The van der Waals surface area contributed by atoms with Crippen LogP contribution < -0.4 is 14.8 Å². The Labute approximate surface area is 150 Å². The number of benzene rings is 1. The van der Waals surface area contributed by atoms with Crippen LogP contribution in [0.25, 0.3) is 0 Å². The fourth-order valence-corrected chi connectivity index (χ4v) is 2.52. The van der Waals surface area contributed by atoms with Gasteiger partial charge < -0.3 is 24.4 Å². The minimum absolute atomic E-state index is 0.259. The molecule has 1 aromatic carbocycles. The van der Waals surface area contributed by atoms with Crippen LogP contribution in [0.2, 0.25) is 0 Å². The van der Waals surface area contributed by atoms with Gasteiger partial charge in [-0.3, -0.25) is 4.98 Å². The third kappa shape index (κ3) is 3.85. The van der Waals surface area contributed by atoms with Crippen LogP contribution in [0.1, 0.15) is 16.1 Å². The van der Waals surface area contributed by atoms with Gasteiger partial charge in [-0.15, -0.1) is 0 Å². The van der Waals surface area contributed by atoms with E-state index in [9.17, 15) is 9.59 Å². The van der Waals surface area contributed by atoms with Gasteiger partial charge in [0, 0.05) is 11.9 Å². The second kappa shape index (κ2) is 7.73. The molecular formula is C18H19N3O5. The Morgan fingerprint density at radius 3 is 2.69 bits per heavy atom. The van der Waals surface area contributed by atoms with E-state index in [4.69, 9.17) is 9.47 Å². The number of hydrogen-bond donors (Lipinski definition) is 1. The Kier molecular flexibility index (Phi) is 5.21. The number of hydrogen-bond acceptors (Lipinski definition) is 6. The number of rotatable bonds is 3. The standard InChI is InChI=1S/C18H19N3O5/c1-24-14-5-3-13(4-6-14)20-18(23)21-7-8-26-16-9-12(17(22)25-2)10-19-15(16)11-21/h3-6,9-10H,7-8,11H2,1-2H3,(H,20,23). The molecule has 0 atom stereocenters. The summed E-state index contributed by atoms with van der Waals surface area (Å²) in [5, 5.41) is 2.83. The summed E-state index contributed by atoms with van der Waals surface area (Å²) >= 11 is 0. The number of aromatic nitrogens is 1. The molecule has 1 N–H and O–H groups in total. The summed E-state index contributed by atoms with van der Waals surface area (Å²) < 4.78 is 15.4. The summed E-state index contributed by atoms with van der Waals surface area (Å²) in [7, 11) is 2.89. The maximum absolute atomic E-state index is 12.5. The van der Waals surface area contributed by atoms with Gasteiger partial charge in [-0.05, 0) is 30.3 Å². The highest BCUT2D eigenvalue weighted by Gasteiger charge is 2.22. The summed E-state index contributed by atoms with van der Waals surface area (Å²) in [5.74, 6) is 0.709. The summed E-state index contributed by atoms with van der Waals surface area (Å²) in [5.41, 5.74) is 1.55. The van der Waals surface area contributed by atoms with Gasteiger partial charge in [0.15, 0.2) is 0 Å². The van der Waals surface area contributed by atoms with Crippen molar-refractivity contribution in [3.8, 4) is 11.5 Å². The van der Waals surface area contributed by atoms with Gasteiger partial charge in [-0.25, -0.2) is 9.59 Å². The second-order valence-corrected chi connectivity index (χ2v) is 5.59. The lowest BCUT2D eigenvalue weighted by atomic mass is 10.2. The predicted octanol–water partition coefficient (Wildman–Crippen LogP) is 2.30. The fraction of sp³-hybridized carbons (Fsp3) is 0.278. The number of fused-ring (bicyclic) bond motifs is 1. The lowest BCUT2D eigenvalue weighted by molar-refractivity contribution is 0.0599. The highest BCUT2D eigenvalue weighted by Crippen LogP contribution is 2.23. The first-order valence-electron chi connectivity index (χ1n) is 8.00. The maximum atomic E-state index is 12.5. The van der Waals surface area contributed by atoms with Crippen molar-refractivity contribution in [2.45, 2.75) is 6.54 Å². The van der Waals surface area contributed by atoms with E-state index in [1.165, 1.54) is 13.3 Å². The molecule has 3 rings (SSSR count). The van der Waals surface area contributed by atoms with Crippen LogP contribution in [-0.2, 0) is 11.3 Å². The molecule has 0 saturated carbocycles. The van der Waals surface area contributed by atoms with Gasteiger partial charge >= 0.3 is 12.0 Å². The zero-order valence-electron chi connectivity index (χ0n) is 14.5. The molecule has 0 unspecified atom stereocenters. The molecule has 0 radical (unpaired) electrons. The van der Waals surface area contributed by atoms with Gasteiger partial charge in [0.05, 0.1) is 32.9 Å². The van der Waals surface area contributed by atoms with Crippen molar-refractivity contribution in [1.29, 1.82) is 0 Å². The van der Waals surface area contributed by atoms with Crippen molar-refractivity contribution in [3.63, 3.8) is 0 Å². The number of pyridine rings is 1. The van der Waals surface area contributed by atoms with E-state index < -0.39 is 5.97 Å². The van der Waals surface area contributed by atoms with Crippen LogP contribution in [0.3, 0.4) is 0 Å². The minimum atomic E-state index is -0.484. The molecule has 26 heavy (non-hydrogen) atoms. The molecule has 2 amide bonds. The number of amides is 2. The highest BCUT2D eigenvalue weighted by molar-refractivity contribution is 5.90. The number of anilines is 1. The van der Waals surface area contributed by atoms with Crippen LogP contribution in [-0.4, -0.2) is 49.3 Å². The second-order valence-electron chi connectivity index (χ2n) is 5.59. The molecule has 1 aromatic heterocycles. The summed E-state index contributed by atoms with van der Waals surface area (Å²) in [4.78, 5) is 30.0. The predicted molar refractivity (Wildman–Crippen MR) is 93.5 cm³/mol. The molecule has 2 heterocycles. The van der Waals surface area contributed by atoms with Gasteiger partial charge in [0.1, 0.15) is 23.8 Å². The SMILES string of the molecule is COC(=O)c1cnc2c(c1)OCCN(C(=O)Nc1ccc(OC)cc1)C2. The quantitative estimate of drug-likeness (QED) is 0.848. The molecule has 1 aliphatic heterocycles. The fourth-order valence-electron chi connectivity index (χ4n) is 2.52. The average Bonchev–Trinajstić information content (AvgIpc) is 2.89. The zero-order chi connectivity index (χ0) is 18.5. The number of methoxy groups -OCH3 is 2. The van der Waals surface area contributed by atoms with Crippen LogP contribution in [0.15, 0.2) is 36.5 Å². The van der Waals surface area contributed by atoms with Gasteiger partial charge in [0.25, 0.3) is 0 Å². The Morgan fingerprint density at radius 2 is 2.00 bits per heavy atom. The molecule has 8 nitrogen and oxygen atoms in total. The molecule has 0 saturated heterocycles. The van der Waals surface area contributed by atoms with Crippen molar-refractivity contribution in [2.24, 2.45) is 0 Å². The van der Waals surface area contributed by atoms with Crippen LogP contribution in [0.4, 0.5) is 10.5 Å². The largest absolute Gasteiger partial charge is 0.497 e.